The summed E-state index contributed by atoms with van der Waals surface area (Å²) in [5.41, 5.74) is -0.406. The molecule has 5 nitrogen and oxygen atoms in total. The molecule has 0 spiro atoms. The normalized spacial score (nSPS) is 11.3. The summed E-state index contributed by atoms with van der Waals surface area (Å²) in [7, 11) is -4.00. The first-order valence-electron chi connectivity index (χ1n) is 9.38. The Morgan fingerprint density at radius 3 is 2.42 bits per heavy atom. The van der Waals surface area contributed by atoms with E-state index < -0.39 is 27.7 Å². The van der Waals surface area contributed by atoms with Crippen LogP contribution in [-0.4, -0.2) is 20.9 Å². The minimum absolute atomic E-state index is 0.0675. The smallest absolute Gasteiger partial charge is 0.341 e. The Hall–Kier alpha value is -3.48. The highest BCUT2D eigenvalue weighted by molar-refractivity contribution is 7.92. The summed E-state index contributed by atoms with van der Waals surface area (Å²) in [5.74, 6) is 4.52. The number of hydrogen-bond donors (Lipinski definition) is 2. The Labute approximate surface area is 193 Å². The first-order valence-corrected chi connectivity index (χ1v) is 11.2. The number of benzene rings is 3. The molecule has 0 aliphatic carbocycles. The molecule has 3 aromatic rings. The van der Waals surface area contributed by atoms with Crippen LogP contribution in [0.25, 0.3) is 0 Å². The third-order valence-corrected chi connectivity index (χ3v) is 5.98. The summed E-state index contributed by atoms with van der Waals surface area (Å²) in [6.07, 6.45) is -4.47. The summed E-state index contributed by atoms with van der Waals surface area (Å²) in [5, 5.41) is 2.70. The summed E-state index contributed by atoms with van der Waals surface area (Å²) in [4.78, 5) is 12.2. The molecule has 0 heterocycles. The quantitative estimate of drug-likeness (QED) is 0.495. The van der Waals surface area contributed by atoms with Gasteiger partial charge < -0.3 is 5.32 Å². The molecule has 0 bridgehead atoms. The maximum atomic E-state index is 12.7. The van der Waals surface area contributed by atoms with E-state index in [1.165, 1.54) is 48.5 Å². The SMILES string of the molecule is O=C(NCC#Cc1cccc(C(F)(F)F)c1)c1cccc(S(=O)(=O)Nc2ccccc2Cl)c1. The average molecular weight is 493 g/mol. The van der Waals surface area contributed by atoms with E-state index in [0.717, 1.165) is 12.1 Å². The van der Waals surface area contributed by atoms with Gasteiger partial charge in [0.1, 0.15) is 0 Å². The summed E-state index contributed by atoms with van der Waals surface area (Å²) < 4.78 is 65.9. The van der Waals surface area contributed by atoms with Crippen molar-refractivity contribution in [2.45, 2.75) is 11.1 Å². The van der Waals surface area contributed by atoms with Gasteiger partial charge in [0.2, 0.25) is 0 Å². The van der Waals surface area contributed by atoms with Gasteiger partial charge in [-0.05, 0) is 48.5 Å². The second kappa shape index (κ2) is 9.98. The molecule has 0 aromatic heterocycles. The van der Waals surface area contributed by atoms with Crippen molar-refractivity contribution >= 4 is 33.2 Å². The molecule has 0 aliphatic heterocycles. The number of alkyl halides is 3. The van der Waals surface area contributed by atoms with Crippen molar-refractivity contribution in [2.75, 3.05) is 11.3 Å². The van der Waals surface area contributed by atoms with E-state index in [0.29, 0.717) is 0 Å². The molecule has 3 aromatic carbocycles. The lowest BCUT2D eigenvalue weighted by Gasteiger charge is -2.10. The van der Waals surface area contributed by atoms with Crippen molar-refractivity contribution < 1.29 is 26.4 Å². The Morgan fingerprint density at radius 2 is 1.70 bits per heavy atom. The number of nitrogens with one attached hydrogen (secondary N) is 2. The van der Waals surface area contributed by atoms with Crippen LogP contribution in [0.5, 0.6) is 0 Å². The highest BCUT2D eigenvalue weighted by atomic mass is 35.5. The number of amides is 1. The Kier molecular flexibility index (Phi) is 7.31. The van der Waals surface area contributed by atoms with Crippen LogP contribution in [0, 0.1) is 11.8 Å². The van der Waals surface area contributed by atoms with Gasteiger partial charge in [0, 0.05) is 11.1 Å². The van der Waals surface area contributed by atoms with Gasteiger partial charge >= 0.3 is 6.18 Å². The molecule has 0 aliphatic rings. The third-order valence-electron chi connectivity index (χ3n) is 4.28. The number of sulfonamides is 1. The number of carbonyl (C=O) groups excluding carboxylic acids is 1. The van der Waals surface area contributed by atoms with Crippen LogP contribution in [0.3, 0.4) is 0 Å². The van der Waals surface area contributed by atoms with Gasteiger partial charge in [0.15, 0.2) is 0 Å². The van der Waals surface area contributed by atoms with Crippen LogP contribution in [-0.2, 0) is 16.2 Å². The van der Waals surface area contributed by atoms with Crippen molar-refractivity contribution in [1.29, 1.82) is 0 Å². The fourth-order valence-corrected chi connectivity index (χ4v) is 4.06. The van der Waals surface area contributed by atoms with Crippen molar-refractivity contribution in [3.05, 3.63) is 94.5 Å². The second-order valence-corrected chi connectivity index (χ2v) is 8.77. The zero-order valence-electron chi connectivity index (χ0n) is 16.8. The van der Waals surface area contributed by atoms with E-state index in [-0.39, 0.29) is 33.3 Å². The van der Waals surface area contributed by atoms with Gasteiger partial charge in [0.05, 0.1) is 27.7 Å². The highest BCUT2D eigenvalue weighted by Crippen LogP contribution is 2.29. The van der Waals surface area contributed by atoms with Crippen molar-refractivity contribution in [1.82, 2.24) is 5.32 Å². The fourth-order valence-electron chi connectivity index (χ4n) is 2.70. The predicted molar refractivity (Wildman–Crippen MR) is 119 cm³/mol. The topological polar surface area (TPSA) is 75.3 Å². The van der Waals surface area contributed by atoms with E-state index in [4.69, 9.17) is 11.6 Å². The summed E-state index contributed by atoms with van der Waals surface area (Å²) >= 11 is 5.99. The van der Waals surface area contributed by atoms with Crippen molar-refractivity contribution in [3.8, 4) is 11.8 Å². The molecule has 2 N–H and O–H groups in total. The minimum Gasteiger partial charge on any atom is -0.341 e. The largest absolute Gasteiger partial charge is 0.416 e. The molecule has 1 amide bonds. The van der Waals surface area contributed by atoms with Crippen molar-refractivity contribution in [2.24, 2.45) is 0 Å². The lowest BCUT2D eigenvalue weighted by molar-refractivity contribution is -0.137. The maximum absolute atomic E-state index is 12.7. The molecule has 0 saturated heterocycles. The lowest BCUT2D eigenvalue weighted by atomic mass is 10.1. The van der Waals surface area contributed by atoms with Gasteiger partial charge in [-0.2, -0.15) is 13.2 Å². The first-order chi connectivity index (χ1) is 15.6. The molecule has 0 fully saturated rings. The van der Waals surface area contributed by atoms with Crippen LogP contribution in [0.2, 0.25) is 5.02 Å². The predicted octanol–water partition coefficient (Wildman–Crippen LogP) is 4.94. The second-order valence-electron chi connectivity index (χ2n) is 6.68. The average Bonchev–Trinajstić information content (AvgIpc) is 2.78. The Bertz CT molecular complexity index is 1350. The van der Waals surface area contributed by atoms with E-state index in [1.54, 1.807) is 12.1 Å². The van der Waals surface area contributed by atoms with Crippen LogP contribution in [0.15, 0.2) is 77.7 Å². The number of halogens is 4. The van der Waals surface area contributed by atoms with Gasteiger partial charge in [-0.15, -0.1) is 0 Å². The van der Waals surface area contributed by atoms with E-state index in [9.17, 15) is 26.4 Å². The van der Waals surface area contributed by atoms with Crippen LogP contribution in [0.4, 0.5) is 18.9 Å². The molecule has 170 valence electrons. The molecular formula is C23H16ClF3N2O3S. The number of rotatable bonds is 5. The van der Waals surface area contributed by atoms with Crippen LogP contribution < -0.4 is 10.0 Å². The zero-order valence-corrected chi connectivity index (χ0v) is 18.4. The van der Waals surface area contributed by atoms with Gasteiger partial charge in [-0.25, -0.2) is 8.42 Å². The van der Waals surface area contributed by atoms with Crippen LogP contribution >= 0.6 is 11.6 Å². The van der Waals surface area contributed by atoms with Gasteiger partial charge in [-0.3, -0.25) is 9.52 Å². The molecular weight excluding hydrogens is 477 g/mol. The molecule has 0 radical (unpaired) electrons. The maximum Gasteiger partial charge on any atom is 0.416 e. The summed E-state index contributed by atoms with van der Waals surface area (Å²) in [6, 6.07) is 16.2. The van der Waals surface area contributed by atoms with Crippen molar-refractivity contribution in [3.63, 3.8) is 0 Å². The van der Waals surface area contributed by atoms with E-state index in [1.807, 2.05) is 0 Å². The molecule has 10 heteroatoms. The van der Waals surface area contributed by atoms with E-state index in [2.05, 4.69) is 21.9 Å². The molecule has 3 rings (SSSR count). The molecule has 0 atom stereocenters. The number of hydrogen-bond acceptors (Lipinski definition) is 3. The van der Waals surface area contributed by atoms with E-state index >= 15 is 0 Å². The summed E-state index contributed by atoms with van der Waals surface area (Å²) in [6.45, 7) is -0.149. The standard InChI is InChI=1S/C23H16ClF3N2O3S/c24-20-11-1-2-12-21(20)29-33(31,32)19-10-4-8-17(15-19)22(30)28-13-5-7-16-6-3-9-18(14-16)23(25,26)27/h1-4,6,8-12,14-15,29H,13H2,(H,28,30). The number of carbonyl (C=O) groups is 1. The third kappa shape index (κ3) is 6.51. The number of para-hydroxylation sites is 1. The molecule has 0 unspecified atom stereocenters. The lowest BCUT2D eigenvalue weighted by Crippen LogP contribution is -2.24. The number of anilines is 1. The highest BCUT2D eigenvalue weighted by Gasteiger charge is 2.30. The fraction of sp³-hybridized carbons (Fsp3) is 0.0870. The molecule has 33 heavy (non-hydrogen) atoms. The Morgan fingerprint density at radius 1 is 0.970 bits per heavy atom. The van der Waals surface area contributed by atoms with Gasteiger partial charge in [0.25, 0.3) is 15.9 Å². The van der Waals surface area contributed by atoms with Gasteiger partial charge in [-0.1, -0.05) is 47.7 Å². The monoisotopic (exact) mass is 492 g/mol. The van der Waals surface area contributed by atoms with Crippen LogP contribution in [0.1, 0.15) is 21.5 Å². The molecule has 0 saturated carbocycles. The minimum atomic E-state index is -4.47. The zero-order chi connectivity index (χ0) is 24.1. The Balaban J connectivity index is 1.67. The first kappa shape index (κ1) is 24.2.